The summed E-state index contributed by atoms with van der Waals surface area (Å²) in [6.07, 6.45) is 6.04. The highest BCUT2D eigenvalue weighted by molar-refractivity contribution is 5.98. The Labute approximate surface area is 177 Å². The molecule has 3 rings (SSSR count). The first-order chi connectivity index (χ1) is 14.4. The molecule has 8 heteroatoms. The van der Waals surface area contributed by atoms with Crippen LogP contribution in [0, 0.1) is 11.8 Å². The molecule has 0 aromatic rings. The number of carboxylic acid groups (broad SMARTS) is 1. The summed E-state index contributed by atoms with van der Waals surface area (Å²) in [6, 6.07) is -0.796. The number of carboxylic acids is 1. The Bertz CT molecular complexity index is 683. The Kier molecular flexibility index (Phi) is 7.18. The predicted molar refractivity (Wildman–Crippen MR) is 110 cm³/mol. The number of hydrogen-bond donors (Lipinski definition) is 2. The van der Waals surface area contributed by atoms with Crippen molar-refractivity contribution in [2.24, 2.45) is 11.8 Å². The first kappa shape index (κ1) is 22.7. The summed E-state index contributed by atoms with van der Waals surface area (Å²) in [4.78, 5) is 42.3. The zero-order valence-corrected chi connectivity index (χ0v) is 17.8. The maximum Gasteiger partial charge on any atom is 0.310 e. The summed E-state index contributed by atoms with van der Waals surface area (Å²) >= 11 is 0. The molecule has 5 atom stereocenters. The summed E-state index contributed by atoms with van der Waals surface area (Å²) < 4.78 is 6.20. The molecule has 30 heavy (non-hydrogen) atoms. The fourth-order valence-electron chi connectivity index (χ4n) is 5.49. The number of nitrogens with zero attached hydrogens (tertiary/aromatic N) is 2. The van der Waals surface area contributed by atoms with Crippen LogP contribution in [-0.4, -0.2) is 81.8 Å². The van der Waals surface area contributed by atoms with Gasteiger partial charge in [0.25, 0.3) is 0 Å². The SMILES string of the molecule is C=CCN(CCCC)C(=O)[C@H]1N(CCCCCO)C(=O)[C@@H]2[C@@H](C(=O)O)[C@H]3CC[C@]21O3. The molecule has 0 saturated carbocycles. The molecule has 1 spiro atoms. The van der Waals surface area contributed by atoms with Crippen LogP contribution in [0.1, 0.15) is 51.9 Å². The number of hydrogen-bond acceptors (Lipinski definition) is 5. The highest BCUT2D eigenvalue weighted by atomic mass is 16.5. The zero-order chi connectivity index (χ0) is 21.9. The lowest BCUT2D eigenvalue weighted by Crippen LogP contribution is -2.56. The predicted octanol–water partition coefficient (Wildman–Crippen LogP) is 1.42. The number of aliphatic hydroxyl groups is 1. The molecule has 0 unspecified atom stereocenters. The minimum Gasteiger partial charge on any atom is -0.481 e. The first-order valence-electron chi connectivity index (χ1n) is 11.1. The van der Waals surface area contributed by atoms with E-state index in [1.165, 1.54) is 0 Å². The second-order valence-corrected chi connectivity index (χ2v) is 8.64. The van der Waals surface area contributed by atoms with Gasteiger partial charge in [0.05, 0.1) is 17.9 Å². The Balaban J connectivity index is 1.92. The van der Waals surface area contributed by atoms with Gasteiger partial charge in [0.2, 0.25) is 11.8 Å². The highest BCUT2D eigenvalue weighted by Gasteiger charge is 2.74. The second-order valence-electron chi connectivity index (χ2n) is 8.64. The number of amides is 2. The van der Waals surface area contributed by atoms with Gasteiger partial charge in [-0.2, -0.15) is 0 Å². The van der Waals surface area contributed by atoms with Crippen LogP contribution in [-0.2, 0) is 19.1 Å². The van der Waals surface area contributed by atoms with E-state index in [0.717, 1.165) is 19.3 Å². The van der Waals surface area contributed by atoms with Gasteiger partial charge >= 0.3 is 5.97 Å². The Morgan fingerprint density at radius 2 is 2.10 bits per heavy atom. The molecular weight excluding hydrogens is 388 g/mol. The molecule has 0 aliphatic carbocycles. The van der Waals surface area contributed by atoms with Gasteiger partial charge < -0.3 is 24.7 Å². The third-order valence-corrected chi connectivity index (χ3v) is 6.82. The fraction of sp³-hybridized carbons (Fsp3) is 0.773. The van der Waals surface area contributed by atoms with Crippen LogP contribution in [0.4, 0.5) is 0 Å². The van der Waals surface area contributed by atoms with E-state index in [-0.39, 0.29) is 18.4 Å². The van der Waals surface area contributed by atoms with Gasteiger partial charge in [0.15, 0.2) is 0 Å². The monoisotopic (exact) mass is 422 g/mol. The molecule has 0 radical (unpaired) electrons. The van der Waals surface area contributed by atoms with Gasteiger partial charge in [-0.25, -0.2) is 0 Å². The molecule has 8 nitrogen and oxygen atoms in total. The van der Waals surface area contributed by atoms with E-state index in [1.807, 2.05) is 0 Å². The van der Waals surface area contributed by atoms with Crippen LogP contribution in [0.2, 0.25) is 0 Å². The van der Waals surface area contributed by atoms with Crippen molar-refractivity contribution in [3.05, 3.63) is 12.7 Å². The first-order valence-corrected chi connectivity index (χ1v) is 11.1. The molecule has 3 aliphatic rings. The molecule has 3 fully saturated rings. The lowest BCUT2D eigenvalue weighted by Gasteiger charge is -2.36. The van der Waals surface area contributed by atoms with Gasteiger partial charge in [-0.05, 0) is 38.5 Å². The maximum atomic E-state index is 13.7. The molecule has 2 bridgehead atoms. The Morgan fingerprint density at radius 3 is 2.73 bits per heavy atom. The van der Waals surface area contributed by atoms with E-state index >= 15 is 0 Å². The van der Waals surface area contributed by atoms with Crippen LogP contribution in [0.15, 0.2) is 12.7 Å². The number of aliphatic carboxylic acids is 1. The van der Waals surface area contributed by atoms with Crippen molar-refractivity contribution in [3.8, 4) is 0 Å². The largest absolute Gasteiger partial charge is 0.481 e. The van der Waals surface area contributed by atoms with Crippen molar-refractivity contribution in [1.29, 1.82) is 0 Å². The summed E-state index contributed by atoms with van der Waals surface area (Å²) in [7, 11) is 0. The van der Waals surface area contributed by atoms with Crippen molar-refractivity contribution in [3.63, 3.8) is 0 Å². The van der Waals surface area contributed by atoms with Crippen molar-refractivity contribution in [2.45, 2.75) is 69.6 Å². The van der Waals surface area contributed by atoms with Gasteiger partial charge in [0.1, 0.15) is 11.6 Å². The Hall–Kier alpha value is -1.93. The number of carbonyl (C=O) groups is 3. The quantitative estimate of drug-likeness (QED) is 0.364. The highest BCUT2D eigenvalue weighted by Crippen LogP contribution is 2.58. The summed E-state index contributed by atoms with van der Waals surface area (Å²) in [5.41, 5.74) is -1.05. The van der Waals surface area contributed by atoms with Gasteiger partial charge in [-0.15, -0.1) is 6.58 Å². The second kappa shape index (κ2) is 9.47. The van der Waals surface area contributed by atoms with E-state index in [0.29, 0.717) is 45.3 Å². The summed E-state index contributed by atoms with van der Waals surface area (Å²) in [5, 5.41) is 18.8. The average molecular weight is 423 g/mol. The number of carbonyl (C=O) groups excluding carboxylic acids is 2. The fourth-order valence-corrected chi connectivity index (χ4v) is 5.49. The lowest BCUT2D eigenvalue weighted by molar-refractivity contribution is -0.151. The van der Waals surface area contributed by atoms with Crippen LogP contribution >= 0.6 is 0 Å². The van der Waals surface area contributed by atoms with Crippen LogP contribution in [0.25, 0.3) is 0 Å². The molecular formula is C22H34N2O6. The molecule has 0 aromatic heterocycles. The standard InChI is InChI=1S/C22H34N2O6/c1-3-5-12-23(11-4-2)20(27)18-22-10-9-15(30-22)16(21(28)29)17(22)19(26)24(18)13-7-6-8-14-25/h4,15-18,25H,2-3,5-14H2,1H3,(H,28,29)/t15-,16+,17+,18-,22+/m1/s1. The third-order valence-electron chi connectivity index (χ3n) is 6.82. The number of ether oxygens (including phenoxy) is 1. The van der Waals surface area contributed by atoms with E-state index in [1.54, 1.807) is 15.9 Å². The molecule has 168 valence electrons. The minimum absolute atomic E-state index is 0.0822. The number of likely N-dealkylation sites (tertiary alicyclic amines) is 1. The smallest absolute Gasteiger partial charge is 0.310 e. The van der Waals surface area contributed by atoms with Crippen molar-refractivity contribution in [1.82, 2.24) is 9.80 Å². The minimum atomic E-state index is -1.05. The third kappa shape index (κ3) is 3.75. The van der Waals surface area contributed by atoms with Gasteiger partial charge in [-0.3, -0.25) is 14.4 Å². The van der Waals surface area contributed by atoms with E-state index < -0.39 is 35.6 Å². The van der Waals surface area contributed by atoms with Crippen molar-refractivity contribution < 1.29 is 29.3 Å². The zero-order valence-electron chi connectivity index (χ0n) is 17.8. The summed E-state index contributed by atoms with van der Waals surface area (Å²) in [5.74, 6) is -3.18. The number of aliphatic hydroxyl groups excluding tert-OH is 1. The molecule has 2 N–H and O–H groups in total. The maximum absolute atomic E-state index is 13.7. The molecule has 0 aromatic carbocycles. The lowest BCUT2D eigenvalue weighted by atomic mass is 9.70. The van der Waals surface area contributed by atoms with Crippen LogP contribution < -0.4 is 0 Å². The van der Waals surface area contributed by atoms with E-state index in [4.69, 9.17) is 9.84 Å². The van der Waals surface area contributed by atoms with Gasteiger partial charge in [-0.1, -0.05) is 19.4 Å². The summed E-state index contributed by atoms with van der Waals surface area (Å²) in [6.45, 7) is 7.21. The van der Waals surface area contributed by atoms with E-state index in [9.17, 15) is 19.5 Å². The average Bonchev–Trinajstić information content (AvgIpc) is 3.35. The Morgan fingerprint density at radius 1 is 1.33 bits per heavy atom. The molecule has 2 amide bonds. The number of unbranched alkanes of at least 4 members (excludes halogenated alkanes) is 3. The van der Waals surface area contributed by atoms with Gasteiger partial charge in [0, 0.05) is 26.2 Å². The molecule has 3 heterocycles. The topological polar surface area (TPSA) is 107 Å². The van der Waals surface area contributed by atoms with Crippen molar-refractivity contribution >= 4 is 17.8 Å². The molecule has 3 aliphatic heterocycles. The van der Waals surface area contributed by atoms with Crippen molar-refractivity contribution in [2.75, 3.05) is 26.2 Å². The van der Waals surface area contributed by atoms with Crippen LogP contribution in [0.3, 0.4) is 0 Å². The number of rotatable bonds is 12. The van der Waals surface area contributed by atoms with Crippen LogP contribution in [0.5, 0.6) is 0 Å². The molecule has 3 saturated heterocycles. The number of fused-ring (bicyclic) bond motifs is 1. The normalized spacial score (nSPS) is 31.8. The van der Waals surface area contributed by atoms with E-state index in [2.05, 4.69) is 13.5 Å².